The van der Waals surface area contributed by atoms with E-state index in [9.17, 15) is 0 Å². The van der Waals surface area contributed by atoms with Crippen molar-refractivity contribution in [3.05, 3.63) is 35.4 Å². The van der Waals surface area contributed by atoms with Crippen LogP contribution in [0.5, 0.6) is 0 Å². The molecule has 0 fully saturated rings. The molecule has 2 rings (SSSR count). The molecule has 1 aromatic carbocycles. The zero-order valence-corrected chi connectivity index (χ0v) is 10.7. The standard InChI is InChI=1S/C13H18N2S/c1-3-12-9-15-13(16-12)14-8-11-7-5-4-6-10(11)2/h4-7,12H,3,8-9H2,1-2H3,(H,14,15). The van der Waals surface area contributed by atoms with Crippen LogP contribution < -0.4 is 5.32 Å². The number of aliphatic imine (C=N–C) groups is 1. The molecule has 3 heteroatoms. The Labute approximate surface area is 102 Å². The van der Waals surface area contributed by atoms with Crippen LogP contribution in [0.2, 0.25) is 0 Å². The largest absolute Gasteiger partial charge is 0.361 e. The van der Waals surface area contributed by atoms with Gasteiger partial charge < -0.3 is 5.32 Å². The third-order valence-corrected chi connectivity index (χ3v) is 4.18. The first kappa shape index (κ1) is 11.5. The van der Waals surface area contributed by atoms with Crippen LogP contribution in [0.4, 0.5) is 0 Å². The van der Waals surface area contributed by atoms with E-state index in [4.69, 9.17) is 0 Å². The minimum Gasteiger partial charge on any atom is -0.361 e. The molecule has 1 aliphatic rings. The van der Waals surface area contributed by atoms with Gasteiger partial charge in [-0.15, -0.1) is 0 Å². The number of benzene rings is 1. The summed E-state index contributed by atoms with van der Waals surface area (Å²) in [6, 6.07) is 8.48. The Morgan fingerprint density at radius 2 is 2.25 bits per heavy atom. The Morgan fingerprint density at radius 1 is 1.44 bits per heavy atom. The normalized spacial score (nSPS) is 19.6. The van der Waals surface area contributed by atoms with Crippen molar-refractivity contribution in [2.75, 3.05) is 6.54 Å². The van der Waals surface area contributed by atoms with E-state index in [-0.39, 0.29) is 0 Å². The first-order valence-electron chi connectivity index (χ1n) is 5.79. The quantitative estimate of drug-likeness (QED) is 0.869. The molecule has 0 aromatic heterocycles. The number of hydrogen-bond acceptors (Lipinski definition) is 3. The van der Waals surface area contributed by atoms with Crippen molar-refractivity contribution in [3.8, 4) is 0 Å². The highest BCUT2D eigenvalue weighted by atomic mass is 32.2. The van der Waals surface area contributed by atoms with Gasteiger partial charge in [0, 0.05) is 11.8 Å². The summed E-state index contributed by atoms with van der Waals surface area (Å²) in [5.41, 5.74) is 2.69. The van der Waals surface area contributed by atoms with Gasteiger partial charge in [0.1, 0.15) is 0 Å². The van der Waals surface area contributed by atoms with Crippen LogP contribution in [0.15, 0.2) is 29.3 Å². The molecule has 0 radical (unpaired) electrons. The molecule has 1 N–H and O–H groups in total. The fourth-order valence-electron chi connectivity index (χ4n) is 1.71. The molecule has 1 heterocycles. The lowest BCUT2D eigenvalue weighted by atomic mass is 10.1. The SMILES string of the molecule is CCC1CN=C(NCc2ccccc2C)S1. The van der Waals surface area contributed by atoms with Gasteiger partial charge in [0.05, 0.1) is 6.54 Å². The fourth-order valence-corrected chi connectivity index (χ4v) is 2.64. The van der Waals surface area contributed by atoms with Crippen LogP contribution >= 0.6 is 11.8 Å². The summed E-state index contributed by atoms with van der Waals surface area (Å²) >= 11 is 1.87. The maximum absolute atomic E-state index is 4.50. The van der Waals surface area contributed by atoms with Crippen LogP contribution in [0, 0.1) is 6.92 Å². The highest BCUT2D eigenvalue weighted by Crippen LogP contribution is 2.22. The summed E-state index contributed by atoms with van der Waals surface area (Å²) in [4.78, 5) is 4.50. The summed E-state index contributed by atoms with van der Waals surface area (Å²) in [6.07, 6.45) is 1.20. The number of hydrogen-bond donors (Lipinski definition) is 1. The number of amidine groups is 1. The highest BCUT2D eigenvalue weighted by molar-refractivity contribution is 8.14. The van der Waals surface area contributed by atoms with E-state index in [1.54, 1.807) is 0 Å². The molecule has 1 atom stereocenters. The number of rotatable bonds is 3. The van der Waals surface area contributed by atoms with Gasteiger partial charge in [0.2, 0.25) is 0 Å². The Kier molecular flexibility index (Phi) is 3.88. The second-order valence-corrected chi connectivity index (χ2v) is 5.36. The van der Waals surface area contributed by atoms with Gasteiger partial charge in [-0.05, 0) is 24.5 Å². The third kappa shape index (κ3) is 2.79. The lowest BCUT2D eigenvalue weighted by Crippen LogP contribution is -2.19. The third-order valence-electron chi connectivity index (χ3n) is 2.86. The molecule has 0 saturated carbocycles. The van der Waals surface area contributed by atoms with Crippen LogP contribution in [-0.2, 0) is 6.54 Å². The Morgan fingerprint density at radius 3 is 2.94 bits per heavy atom. The summed E-state index contributed by atoms with van der Waals surface area (Å²) in [5, 5.41) is 5.20. The maximum atomic E-state index is 4.50. The molecule has 1 aromatic rings. The molecular weight excluding hydrogens is 216 g/mol. The van der Waals surface area contributed by atoms with Crippen molar-refractivity contribution in [1.29, 1.82) is 0 Å². The Balaban J connectivity index is 1.87. The maximum Gasteiger partial charge on any atom is 0.157 e. The second kappa shape index (κ2) is 5.39. The van der Waals surface area contributed by atoms with E-state index in [1.807, 2.05) is 11.8 Å². The predicted octanol–water partition coefficient (Wildman–Crippen LogP) is 2.97. The van der Waals surface area contributed by atoms with Crippen molar-refractivity contribution in [3.63, 3.8) is 0 Å². The smallest absolute Gasteiger partial charge is 0.157 e. The van der Waals surface area contributed by atoms with Gasteiger partial charge in [-0.2, -0.15) is 0 Å². The number of aryl methyl sites for hydroxylation is 1. The van der Waals surface area contributed by atoms with Gasteiger partial charge in [-0.3, -0.25) is 4.99 Å². The van der Waals surface area contributed by atoms with Gasteiger partial charge in [-0.1, -0.05) is 43.0 Å². The van der Waals surface area contributed by atoms with Crippen LogP contribution in [0.25, 0.3) is 0 Å². The van der Waals surface area contributed by atoms with Gasteiger partial charge in [0.25, 0.3) is 0 Å². The van der Waals surface area contributed by atoms with Crippen molar-refractivity contribution in [2.24, 2.45) is 4.99 Å². The van der Waals surface area contributed by atoms with Gasteiger partial charge in [-0.25, -0.2) is 0 Å². The summed E-state index contributed by atoms with van der Waals surface area (Å²) in [6.45, 7) is 6.22. The molecule has 2 nitrogen and oxygen atoms in total. The molecule has 1 aliphatic heterocycles. The van der Waals surface area contributed by atoms with E-state index < -0.39 is 0 Å². The Hall–Kier alpha value is -0.960. The zero-order chi connectivity index (χ0) is 11.4. The summed E-state index contributed by atoms with van der Waals surface area (Å²) in [5.74, 6) is 0. The molecule has 0 amide bonds. The van der Waals surface area contributed by atoms with E-state index in [0.717, 1.165) is 18.3 Å². The minimum atomic E-state index is 0.680. The molecule has 16 heavy (non-hydrogen) atoms. The highest BCUT2D eigenvalue weighted by Gasteiger charge is 2.17. The molecule has 0 saturated heterocycles. The monoisotopic (exact) mass is 234 g/mol. The summed E-state index contributed by atoms with van der Waals surface area (Å²) in [7, 11) is 0. The van der Waals surface area contributed by atoms with Crippen LogP contribution in [0.3, 0.4) is 0 Å². The molecular formula is C13H18N2S. The van der Waals surface area contributed by atoms with Crippen molar-refractivity contribution in [1.82, 2.24) is 5.32 Å². The lowest BCUT2D eigenvalue weighted by molar-refractivity contribution is 0.839. The lowest BCUT2D eigenvalue weighted by Gasteiger charge is -2.09. The predicted molar refractivity (Wildman–Crippen MR) is 72.0 cm³/mol. The zero-order valence-electron chi connectivity index (χ0n) is 9.86. The molecule has 0 aliphatic carbocycles. The average Bonchev–Trinajstić information content (AvgIpc) is 2.76. The number of nitrogens with zero attached hydrogens (tertiary/aromatic N) is 1. The topological polar surface area (TPSA) is 24.4 Å². The van der Waals surface area contributed by atoms with Crippen molar-refractivity contribution in [2.45, 2.75) is 32.1 Å². The van der Waals surface area contributed by atoms with E-state index in [1.165, 1.54) is 17.5 Å². The number of thioether (sulfide) groups is 1. The first-order chi connectivity index (χ1) is 7.79. The van der Waals surface area contributed by atoms with E-state index in [0.29, 0.717) is 5.25 Å². The van der Waals surface area contributed by atoms with Crippen molar-refractivity contribution < 1.29 is 0 Å². The minimum absolute atomic E-state index is 0.680. The fraction of sp³-hybridized carbons (Fsp3) is 0.462. The Bertz CT molecular complexity index is 387. The average molecular weight is 234 g/mol. The first-order valence-corrected chi connectivity index (χ1v) is 6.67. The second-order valence-electron chi connectivity index (χ2n) is 4.07. The molecule has 0 spiro atoms. The van der Waals surface area contributed by atoms with Gasteiger partial charge in [0.15, 0.2) is 5.17 Å². The number of nitrogens with one attached hydrogen (secondary N) is 1. The van der Waals surface area contributed by atoms with Gasteiger partial charge >= 0.3 is 0 Å². The van der Waals surface area contributed by atoms with E-state index >= 15 is 0 Å². The van der Waals surface area contributed by atoms with Crippen molar-refractivity contribution >= 4 is 16.9 Å². The summed E-state index contributed by atoms with van der Waals surface area (Å²) < 4.78 is 0. The molecule has 1 unspecified atom stereocenters. The molecule has 0 bridgehead atoms. The van der Waals surface area contributed by atoms with E-state index in [2.05, 4.69) is 48.4 Å². The molecule has 86 valence electrons. The van der Waals surface area contributed by atoms with Crippen LogP contribution in [0.1, 0.15) is 24.5 Å². The van der Waals surface area contributed by atoms with Crippen LogP contribution in [-0.4, -0.2) is 17.0 Å².